The molecule has 0 aliphatic carbocycles. The molecule has 0 aromatic heterocycles. The first kappa shape index (κ1) is 15.1. The number of Topliss-reactive ketones (excluding diaryl/α,β-unsaturated/α-hetero) is 1. The number of likely N-dealkylation sites (tertiary alicyclic amines) is 1. The van der Waals surface area contributed by atoms with E-state index in [1.807, 2.05) is 0 Å². The van der Waals surface area contributed by atoms with Gasteiger partial charge in [0.25, 0.3) is 0 Å². The number of ether oxygens (including phenoxy) is 1. The summed E-state index contributed by atoms with van der Waals surface area (Å²) in [6, 6.07) is 0. The molecule has 0 spiro atoms. The normalized spacial score (nSPS) is 16.9. The molecular formula is C11H19NO5S. The first-order chi connectivity index (χ1) is 8.44. The number of sulfone groups is 1. The number of nitrogens with zero attached hydrogens (tertiary/aromatic N) is 1. The molecule has 104 valence electrons. The van der Waals surface area contributed by atoms with Gasteiger partial charge >= 0.3 is 0 Å². The van der Waals surface area contributed by atoms with Crippen LogP contribution in [0, 0.1) is 0 Å². The van der Waals surface area contributed by atoms with Crippen molar-refractivity contribution in [2.24, 2.45) is 0 Å². The van der Waals surface area contributed by atoms with Crippen molar-refractivity contribution >= 4 is 21.5 Å². The van der Waals surface area contributed by atoms with Crippen LogP contribution in [0.2, 0.25) is 0 Å². The van der Waals surface area contributed by atoms with Crippen LogP contribution in [0.5, 0.6) is 0 Å². The first-order valence-corrected chi connectivity index (χ1v) is 7.75. The van der Waals surface area contributed by atoms with Gasteiger partial charge in [-0.3, -0.25) is 9.59 Å². The van der Waals surface area contributed by atoms with E-state index in [-0.39, 0.29) is 11.5 Å². The highest BCUT2D eigenvalue weighted by molar-refractivity contribution is 7.92. The number of piperidine rings is 1. The number of carbonyl (C=O) groups excluding carboxylic acids is 2. The van der Waals surface area contributed by atoms with Gasteiger partial charge in [0, 0.05) is 39.6 Å². The predicted molar refractivity (Wildman–Crippen MR) is 66.0 cm³/mol. The number of carbonyl (C=O) groups is 2. The monoisotopic (exact) mass is 277 g/mol. The van der Waals surface area contributed by atoms with Crippen LogP contribution < -0.4 is 0 Å². The van der Waals surface area contributed by atoms with Crippen molar-refractivity contribution in [2.45, 2.75) is 19.3 Å². The Balaban J connectivity index is 2.41. The van der Waals surface area contributed by atoms with Crippen LogP contribution in [-0.4, -0.2) is 63.3 Å². The second-order valence-electron chi connectivity index (χ2n) is 4.36. The molecule has 6 nitrogen and oxygen atoms in total. The van der Waals surface area contributed by atoms with E-state index in [0.29, 0.717) is 39.0 Å². The molecule has 0 atom stereocenters. The van der Waals surface area contributed by atoms with Crippen molar-refractivity contribution in [1.29, 1.82) is 0 Å². The van der Waals surface area contributed by atoms with Gasteiger partial charge in [-0.25, -0.2) is 8.42 Å². The topological polar surface area (TPSA) is 80.8 Å². The zero-order chi connectivity index (χ0) is 13.6. The summed E-state index contributed by atoms with van der Waals surface area (Å²) in [5.74, 6) is -0.786. The molecule has 1 amide bonds. The number of rotatable bonds is 6. The van der Waals surface area contributed by atoms with E-state index < -0.39 is 21.5 Å². The van der Waals surface area contributed by atoms with Gasteiger partial charge in [-0.2, -0.15) is 0 Å². The van der Waals surface area contributed by atoms with Crippen molar-refractivity contribution in [2.75, 3.05) is 38.3 Å². The molecule has 7 heteroatoms. The van der Waals surface area contributed by atoms with Gasteiger partial charge in [-0.05, 0) is 6.42 Å². The van der Waals surface area contributed by atoms with Crippen molar-refractivity contribution in [3.05, 3.63) is 0 Å². The lowest BCUT2D eigenvalue weighted by Gasteiger charge is -2.25. The van der Waals surface area contributed by atoms with Crippen molar-refractivity contribution in [3.63, 3.8) is 0 Å². The fourth-order valence-corrected chi connectivity index (χ4v) is 3.04. The standard InChI is InChI=1S/C11H19NO5S/c1-17-7-2-8-18(15,16)9-11(14)12-5-3-10(13)4-6-12/h2-9H2,1H3. The Kier molecular flexibility index (Phi) is 5.74. The molecule has 0 aromatic rings. The van der Waals surface area contributed by atoms with E-state index in [4.69, 9.17) is 4.74 Å². The number of ketones is 1. The lowest BCUT2D eigenvalue weighted by Crippen LogP contribution is -2.41. The van der Waals surface area contributed by atoms with E-state index in [1.165, 1.54) is 12.0 Å². The number of hydrogen-bond donors (Lipinski definition) is 0. The van der Waals surface area contributed by atoms with E-state index >= 15 is 0 Å². The molecule has 1 rings (SSSR count). The van der Waals surface area contributed by atoms with Crippen molar-refractivity contribution in [1.82, 2.24) is 4.90 Å². The van der Waals surface area contributed by atoms with Crippen molar-refractivity contribution in [3.8, 4) is 0 Å². The Morgan fingerprint density at radius 1 is 1.33 bits per heavy atom. The second-order valence-corrected chi connectivity index (χ2v) is 6.54. The maximum absolute atomic E-state index is 11.8. The summed E-state index contributed by atoms with van der Waals surface area (Å²) in [6.07, 6.45) is 1.05. The maximum Gasteiger partial charge on any atom is 0.237 e. The molecule has 1 heterocycles. The summed E-state index contributed by atoms with van der Waals surface area (Å²) in [5, 5.41) is 0. The Morgan fingerprint density at radius 2 is 1.94 bits per heavy atom. The van der Waals surface area contributed by atoms with Gasteiger partial charge in [0.2, 0.25) is 5.91 Å². The highest BCUT2D eigenvalue weighted by Crippen LogP contribution is 2.07. The van der Waals surface area contributed by atoms with Crippen LogP contribution in [0.3, 0.4) is 0 Å². The van der Waals surface area contributed by atoms with E-state index in [2.05, 4.69) is 0 Å². The fraction of sp³-hybridized carbons (Fsp3) is 0.818. The third kappa shape index (κ3) is 5.14. The Labute approximate surface area is 107 Å². The summed E-state index contributed by atoms with van der Waals surface area (Å²) < 4.78 is 28.1. The highest BCUT2D eigenvalue weighted by atomic mass is 32.2. The average Bonchev–Trinajstić information content (AvgIpc) is 2.29. The van der Waals surface area contributed by atoms with Crippen molar-refractivity contribution < 1.29 is 22.7 Å². The summed E-state index contributed by atoms with van der Waals surface area (Å²) in [7, 11) is -1.87. The molecule has 18 heavy (non-hydrogen) atoms. The molecule has 0 bridgehead atoms. The quantitative estimate of drug-likeness (QED) is 0.619. The van der Waals surface area contributed by atoms with Crippen LogP contribution in [-0.2, 0) is 24.2 Å². The van der Waals surface area contributed by atoms with Gasteiger partial charge in [-0.15, -0.1) is 0 Å². The van der Waals surface area contributed by atoms with Gasteiger partial charge in [0.15, 0.2) is 9.84 Å². The van der Waals surface area contributed by atoms with Gasteiger partial charge in [-0.1, -0.05) is 0 Å². The van der Waals surface area contributed by atoms with Crippen LogP contribution in [0.15, 0.2) is 0 Å². The highest BCUT2D eigenvalue weighted by Gasteiger charge is 2.24. The van der Waals surface area contributed by atoms with E-state index in [1.54, 1.807) is 0 Å². The Morgan fingerprint density at radius 3 is 2.50 bits per heavy atom. The predicted octanol–water partition coefficient (Wildman–Crippen LogP) is -0.371. The van der Waals surface area contributed by atoms with Crippen LogP contribution >= 0.6 is 0 Å². The molecule has 1 saturated heterocycles. The average molecular weight is 277 g/mol. The third-order valence-electron chi connectivity index (χ3n) is 2.82. The molecule has 1 fully saturated rings. The number of methoxy groups -OCH3 is 1. The fourth-order valence-electron chi connectivity index (χ4n) is 1.78. The number of amides is 1. The summed E-state index contributed by atoms with van der Waals surface area (Å²) in [6.45, 7) is 1.04. The molecule has 1 aliphatic heterocycles. The van der Waals surface area contributed by atoms with E-state index in [0.717, 1.165) is 0 Å². The van der Waals surface area contributed by atoms with E-state index in [9.17, 15) is 18.0 Å². The zero-order valence-electron chi connectivity index (χ0n) is 10.6. The first-order valence-electron chi connectivity index (χ1n) is 5.93. The molecule has 0 saturated carbocycles. The number of hydrogen-bond acceptors (Lipinski definition) is 5. The third-order valence-corrected chi connectivity index (χ3v) is 4.42. The smallest absolute Gasteiger partial charge is 0.237 e. The summed E-state index contributed by atoms with van der Waals surface area (Å²) in [5.41, 5.74) is 0. The van der Waals surface area contributed by atoms with Gasteiger partial charge in [0.1, 0.15) is 11.5 Å². The molecule has 0 unspecified atom stereocenters. The second kappa shape index (κ2) is 6.84. The van der Waals surface area contributed by atoms with Crippen LogP contribution in [0.1, 0.15) is 19.3 Å². The minimum atomic E-state index is -3.37. The Bertz CT molecular complexity index is 394. The lowest BCUT2D eigenvalue weighted by molar-refractivity contribution is -0.132. The molecule has 0 N–H and O–H groups in total. The van der Waals surface area contributed by atoms with Crippen LogP contribution in [0.4, 0.5) is 0 Å². The maximum atomic E-state index is 11.8. The Hall–Kier alpha value is -0.950. The van der Waals surface area contributed by atoms with Gasteiger partial charge < -0.3 is 9.64 Å². The molecule has 0 aromatic carbocycles. The minimum absolute atomic E-state index is 0.0423. The minimum Gasteiger partial charge on any atom is -0.385 e. The molecule has 1 aliphatic rings. The SMILES string of the molecule is COCCCS(=O)(=O)CC(=O)N1CCC(=O)CC1. The zero-order valence-corrected chi connectivity index (χ0v) is 11.4. The van der Waals surface area contributed by atoms with Crippen LogP contribution in [0.25, 0.3) is 0 Å². The largest absolute Gasteiger partial charge is 0.385 e. The summed E-state index contributed by atoms with van der Waals surface area (Å²) >= 11 is 0. The summed E-state index contributed by atoms with van der Waals surface area (Å²) in [4.78, 5) is 24.2. The molecule has 0 radical (unpaired) electrons. The van der Waals surface area contributed by atoms with Gasteiger partial charge in [0.05, 0.1) is 5.75 Å². The molecular weight excluding hydrogens is 258 g/mol. The lowest BCUT2D eigenvalue weighted by atomic mass is 10.1.